The van der Waals surface area contributed by atoms with Gasteiger partial charge in [-0.05, 0) is 38.4 Å². The summed E-state index contributed by atoms with van der Waals surface area (Å²) < 4.78 is 5.63. The molecule has 1 fully saturated rings. The molecule has 0 amide bonds. The minimum atomic E-state index is 0.114. The van der Waals surface area contributed by atoms with E-state index in [2.05, 4.69) is 41.4 Å². The van der Waals surface area contributed by atoms with Crippen molar-refractivity contribution in [3.05, 3.63) is 29.8 Å². The highest BCUT2D eigenvalue weighted by atomic mass is 16.5. The third-order valence-corrected chi connectivity index (χ3v) is 4.06. The number of hydrogen-bond donors (Lipinski definition) is 2. The lowest BCUT2D eigenvalue weighted by Gasteiger charge is -2.35. The molecule has 4 nitrogen and oxygen atoms in total. The Bertz CT molecular complexity index is 403. The van der Waals surface area contributed by atoms with Gasteiger partial charge in [-0.1, -0.05) is 18.2 Å². The maximum atomic E-state index is 8.81. The second kappa shape index (κ2) is 7.62. The lowest BCUT2D eigenvalue weighted by Crippen LogP contribution is -2.38. The Morgan fingerprint density at radius 2 is 2.05 bits per heavy atom. The number of aliphatic hydroxyl groups is 1. The van der Waals surface area contributed by atoms with Gasteiger partial charge in [0.15, 0.2) is 0 Å². The third kappa shape index (κ3) is 3.72. The lowest BCUT2D eigenvalue weighted by atomic mass is 10.0. The van der Waals surface area contributed by atoms with Crippen molar-refractivity contribution in [2.75, 3.05) is 38.3 Å². The quantitative estimate of drug-likeness (QED) is 0.835. The van der Waals surface area contributed by atoms with Crippen molar-refractivity contribution >= 4 is 5.69 Å². The second-order valence-electron chi connectivity index (χ2n) is 5.35. The standard InChI is InChI=1S/C16H26N2O2/c1-13(17-2)15-5-3-4-6-16(15)18-9-7-14(8-10-18)20-12-11-19/h3-6,13-14,17,19H,7-12H2,1-2H3. The molecule has 0 spiro atoms. The van der Waals surface area contributed by atoms with Crippen molar-refractivity contribution in [3.8, 4) is 0 Å². The number of piperidine rings is 1. The summed E-state index contributed by atoms with van der Waals surface area (Å²) in [6.45, 7) is 4.80. The third-order valence-electron chi connectivity index (χ3n) is 4.06. The van der Waals surface area contributed by atoms with Crippen LogP contribution >= 0.6 is 0 Å². The zero-order valence-corrected chi connectivity index (χ0v) is 12.5. The molecule has 112 valence electrons. The highest BCUT2D eigenvalue weighted by Gasteiger charge is 2.22. The van der Waals surface area contributed by atoms with Crippen molar-refractivity contribution in [1.82, 2.24) is 5.32 Å². The molecule has 0 aromatic heterocycles. The molecular formula is C16H26N2O2. The predicted molar refractivity (Wildman–Crippen MR) is 82.2 cm³/mol. The average molecular weight is 278 g/mol. The van der Waals surface area contributed by atoms with Crippen LogP contribution in [-0.4, -0.2) is 44.6 Å². The van der Waals surface area contributed by atoms with Crippen molar-refractivity contribution in [1.29, 1.82) is 0 Å². The van der Waals surface area contributed by atoms with Gasteiger partial charge in [0.25, 0.3) is 0 Å². The number of anilines is 1. The summed E-state index contributed by atoms with van der Waals surface area (Å²) in [5.74, 6) is 0. The summed E-state index contributed by atoms with van der Waals surface area (Å²) in [7, 11) is 2.00. The van der Waals surface area contributed by atoms with Gasteiger partial charge in [-0.15, -0.1) is 0 Å². The predicted octanol–water partition coefficient (Wildman–Crippen LogP) is 1.94. The molecule has 0 bridgehead atoms. The van der Waals surface area contributed by atoms with Gasteiger partial charge in [-0.2, -0.15) is 0 Å². The highest BCUT2D eigenvalue weighted by molar-refractivity contribution is 5.55. The van der Waals surface area contributed by atoms with Gasteiger partial charge < -0.3 is 20.1 Å². The van der Waals surface area contributed by atoms with Gasteiger partial charge in [0, 0.05) is 24.8 Å². The molecule has 1 aromatic carbocycles. The molecule has 1 unspecified atom stereocenters. The minimum absolute atomic E-state index is 0.114. The molecule has 1 aliphatic rings. The van der Waals surface area contributed by atoms with E-state index in [0.717, 1.165) is 25.9 Å². The van der Waals surface area contributed by atoms with E-state index in [1.54, 1.807) is 0 Å². The first kappa shape index (κ1) is 15.3. The minimum Gasteiger partial charge on any atom is -0.394 e. The van der Waals surface area contributed by atoms with E-state index >= 15 is 0 Å². The van der Waals surface area contributed by atoms with Crippen LogP contribution in [0.5, 0.6) is 0 Å². The first-order valence-electron chi connectivity index (χ1n) is 7.50. The first-order chi connectivity index (χ1) is 9.76. The molecule has 1 atom stereocenters. The van der Waals surface area contributed by atoms with Gasteiger partial charge in [0.05, 0.1) is 19.3 Å². The Morgan fingerprint density at radius 3 is 2.70 bits per heavy atom. The molecule has 20 heavy (non-hydrogen) atoms. The largest absolute Gasteiger partial charge is 0.394 e. The van der Waals surface area contributed by atoms with E-state index in [-0.39, 0.29) is 6.61 Å². The Kier molecular flexibility index (Phi) is 5.83. The van der Waals surface area contributed by atoms with Crippen LogP contribution in [0, 0.1) is 0 Å². The topological polar surface area (TPSA) is 44.7 Å². The lowest BCUT2D eigenvalue weighted by molar-refractivity contribution is 0.0159. The molecular weight excluding hydrogens is 252 g/mol. The maximum absolute atomic E-state index is 8.81. The zero-order valence-electron chi connectivity index (χ0n) is 12.5. The summed E-state index contributed by atoms with van der Waals surface area (Å²) in [5, 5.41) is 12.1. The van der Waals surface area contributed by atoms with Gasteiger partial charge in [-0.25, -0.2) is 0 Å². The Labute approximate surface area is 121 Å². The Morgan fingerprint density at radius 1 is 1.35 bits per heavy atom. The summed E-state index contributed by atoms with van der Waals surface area (Å²) in [6.07, 6.45) is 2.36. The van der Waals surface area contributed by atoms with E-state index in [4.69, 9.17) is 9.84 Å². The van der Waals surface area contributed by atoms with Crippen LogP contribution in [-0.2, 0) is 4.74 Å². The molecule has 2 N–H and O–H groups in total. The number of nitrogens with one attached hydrogen (secondary N) is 1. The molecule has 0 aliphatic carbocycles. The molecule has 0 saturated carbocycles. The number of nitrogens with zero attached hydrogens (tertiary/aromatic N) is 1. The second-order valence-corrected chi connectivity index (χ2v) is 5.35. The molecule has 1 saturated heterocycles. The van der Waals surface area contributed by atoms with Crippen LogP contribution in [0.15, 0.2) is 24.3 Å². The van der Waals surface area contributed by atoms with Crippen LogP contribution < -0.4 is 10.2 Å². The van der Waals surface area contributed by atoms with Gasteiger partial charge in [0.1, 0.15) is 0 Å². The van der Waals surface area contributed by atoms with Crippen LogP contribution in [0.2, 0.25) is 0 Å². The number of rotatable bonds is 6. The van der Waals surface area contributed by atoms with E-state index in [0.29, 0.717) is 18.8 Å². The van der Waals surface area contributed by atoms with E-state index < -0.39 is 0 Å². The summed E-state index contributed by atoms with van der Waals surface area (Å²) in [5.41, 5.74) is 2.68. The van der Waals surface area contributed by atoms with Crippen LogP contribution in [0.4, 0.5) is 5.69 Å². The first-order valence-corrected chi connectivity index (χ1v) is 7.50. The summed E-state index contributed by atoms with van der Waals surface area (Å²) >= 11 is 0. The fraction of sp³-hybridized carbons (Fsp3) is 0.625. The Hall–Kier alpha value is -1.10. The number of para-hydroxylation sites is 1. The summed E-state index contributed by atoms with van der Waals surface area (Å²) in [4.78, 5) is 2.45. The fourth-order valence-electron chi connectivity index (χ4n) is 2.78. The van der Waals surface area contributed by atoms with E-state index in [1.807, 2.05) is 7.05 Å². The molecule has 0 radical (unpaired) electrons. The van der Waals surface area contributed by atoms with Crippen LogP contribution in [0.1, 0.15) is 31.4 Å². The molecule has 4 heteroatoms. The Balaban J connectivity index is 2.00. The van der Waals surface area contributed by atoms with Crippen molar-refractivity contribution < 1.29 is 9.84 Å². The van der Waals surface area contributed by atoms with Gasteiger partial charge in [-0.3, -0.25) is 0 Å². The number of hydrogen-bond acceptors (Lipinski definition) is 4. The zero-order chi connectivity index (χ0) is 14.4. The molecule has 1 aliphatic heterocycles. The fourth-order valence-corrected chi connectivity index (χ4v) is 2.78. The van der Waals surface area contributed by atoms with Crippen molar-refractivity contribution in [3.63, 3.8) is 0 Å². The van der Waals surface area contributed by atoms with Crippen LogP contribution in [0.25, 0.3) is 0 Å². The number of ether oxygens (including phenoxy) is 1. The monoisotopic (exact) mass is 278 g/mol. The van der Waals surface area contributed by atoms with Crippen molar-refractivity contribution in [2.45, 2.75) is 31.9 Å². The number of benzene rings is 1. The van der Waals surface area contributed by atoms with E-state index in [9.17, 15) is 0 Å². The van der Waals surface area contributed by atoms with E-state index in [1.165, 1.54) is 11.3 Å². The maximum Gasteiger partial charge on any atom is 0.0701 e. The average Bonchev–Trinajstić information content (AvgIpc) is 2.52. The van der Waals surface area contributed by atoms with Crippen LogP contribution in [0.3, 0.4) is 0 Å². The SMILES string of the molecule is CNC(C)c1ccccc1N1CCC(OCCO)CC1. The van der Waals surface area contributed by atoms with Gasteiger partial charge in [0.2, 0.25) is 0 Å². The molecule has 2 rings (SSSR count). The molecule has 1 aromatic rings. The summed E-state index contributed by atoms with van der Waals surface area (Å²) in [6, 6.07) is 8.97. The highest BCUT2D eigenvalue weighted by Crippen LogP contribution is 2.28. The smallest absolute Gasteiger partial charge is 0.0701 e. The number of aliphatic hydroxyl groups excluding tert-OH is 1. The van der Waals surface area contributed by atoms with Crippen molar-refractivity contribution in [2.24, 2.45) is 0 Å². The van der Waals surface area contributed by atoms with Gasteiger partial charge >= 0.3 is 0 Å². The normalized spacial score (nSPS) is 18.2. The molecule has 1 heterocycles.